The normalized spacial score (nSPS) is 30.0. The number of rotatable bonds is 1. The van der Waals surface area contributed by atoms with E-state index in [1.165, 1.54) is 0 Å². The van der Waals surface area contributed by atoms with Crippen LogP contribution < -0.4 is 0 Å². The maximum atomic E-state index is 5.66. The van der Waals surface area contributed by atoms with Crippen LogP contribution in [0.3, 0.4) is 0 Å². The van der Waals surface area contributed by atoms with E-state index in [0.717, 1.165) is 26.1 Å². The fraction of sp³-hybridized carbons (Fsp3) is 1.00. The molecule has 0 N–H and O–H groups in total. The van der Waals surface area contributed by atoms with Crippen LogP contribution in [-0.2, 0) is 4.74 Å². The van der Waals surface area contributed by atoms with E-state index >= 15 is 0 Å². The first-order valence-electron chi connectivity index (χ1n) is 3.69. The van der Waals surface area contributed by atoms with Crippen LogP contribution in [-0.4, -0.2) is 43.6 Å². The van der Waals surface area contributed by atoms with Crippen LogP contribution >= 0.6 is 11.6 Å². The molecule has 1 rings (SSSR count). The lowest BCUT2D eigenvalue weighted by molar-refractivity contribution is 0.0782. The fourth-order valence-corrected chi connectivity index (χ4v) is 1.30. The Bertz CT molecular complexity index is 99.6. The molecule has 0 spiro atoms. The topological polar surface area (TPSA) is 12.5 Å². The molecule has 0 aromatic carbocycles. The lowest BCUT2D eigenvalue weighted by Crippen LogP contribution is -2.20. The van der Waals surface area contributed by atoms with Gasteiger partial charge < -0.3 is 9.64 Å². The molecule has 10 heavy (non-hydrogen) atoms. The smallest absolute Gasteiger partial charge is 0.0723 e. The molecule has 2 nitrogen and oxygen atoms in total. The molecule has 60 valence electrons. The van der Waals surface area contributed by atoms with Gasteiger partial charge in [0.15, 0.2) is 0 Å². The minimum Gasteiger partial charge on any atom is -0.376 e. The highest BCUT2D eigenvalue weighted by molar-refractivity contribution is 6.18. The van der Waals surface area contributed by atoms with Gasteiger partial charge in [-0.15, -0.1) is 11.6 Å². The lowest BCUT2D eigenvalue weighted by Gasteiger charge is -2.10. The summed E-state index contributed by atoms with van der Waals surface area (Å²) in [6.07, 6.45) is 1.35. The highest BCUT2D eigenvalue weighted by Crippen LogP contribution is 2.06. The fourth-order valence-electron chi connectivity index (χ4n) is 1.06. The third-order valence-corrected chi connectivity index (χ3v) is 2.18. The molecule has 0 unspecified atom stereocenters. The van der Waals surface area contributed by atoms with E-state index in [2.05, 4.69) is 11.9 Å². The van der Waals surface area contributed by atoms with Gasteiger partial charge >= 0.3 is 0 Å². The Hall–Kier alpha value is 0.210. The Labute approximate surface area is 67.1 Å². The minimum absolute atomic E-state index is 0.284. The average Bonchev–Trinajstić information content (AvgIpc) is 2.14. The Morgan fingerprint density at radius 1 is 1.60 bits per heavy atom. The zero-order chi connectivity index (χ0) is 7.40. The number of nitrogens with zero attached hydrogens (tertiary/aromatic N) is 1. The summed E-state index contributed by atoms with van der Waals surface area (Å²) in [6.45, 7) is 2.97. The second-order valence-electron chi connectivity index (χ2n) is 2.74. The first kappa shape index (κ1) is 8.31. The molecule has 1 saturated heterocycles. The van der Waals surface area contributed by atoms with Crippen LogP contribution in [0.1, 0.15) is 6.42 Å². The highest BCUT2D eigenvalue weighted by Gasteiger charge is 2.13. The highest BCUT2D eigenvalue weighted by atomic mass is 35.5. The van der Waals surface area contributed by atoms with E-state index in [9.17, 15) is 0 Å². The van der Waals surface area contributed by atoms with Crippen LogP contribution in [0.25, 0.3) is 0 Å². The first-order valence-corrected chi connectivity index (χ1v) is 4.22. The Morgan fingerprint density at radius 3 is 3.10 bits per heavy atom. The Balaban J connectivity index is 2.26. The second-order valence-corrected chi connectivity index (χ2v) is 3.05. The molecule has 1 fully saturated rings. The molecule has 1 aliphatic heterocycles. The van der Waals surface area contributed by atoms with Crippen LogP contribution in [0.4, 0.5) is 0 Å². The molecule has 3 heteroatoms. The molecule has 0 radical (unpaired) electrons. The summed E-state index contributed by atoms with van der Waals surface area (Å²) in [7, 11) is 2.11. The van der Waals surface area contributed by atoms with Gasteiger partial charge in [0.2, 0.25) is 0 Å². The van der Waals surface area contributed by atoms with E-state index < -0.39 is 0 Å². The molecule has 0 amide bonds. The number of halogens is 1. The number of ether oxygens (including phenoxy) is 1. The van der Waals surface area contributed by atoms with Crippen molar-refractivity contribution >= 4 is 11.6 Å². The molecule has 0 aromatic heterocycles. The largest absolute Gasteiger partial charge is 0.376 e. The van der Waals surface area contributed by atoms with Gasteiger partial charge in [0.25, 0.3) is 0 Å². The van der Waals surface area contributed by atoms with Crippen LogP contribution in [0.15, 0.2) is 0 Å². The monoisotopic (exact) mass is 163 g/mol. The van der Waals surface area contributed by atoms with Gasteiger partial charge in [0.05, 0.1) is 12.7 Å². The zero-order valence-corrected chi connectivity index (χ0v) is 7.10. The van der Waals surface area contributed by atoms with Crippen molar-refractivity contribution in [3.8, 4) is 0 Å². The number of hydrogen-bond acceptors (Lipinski definition) is 2. The van der Waals surface area contributed by atoms with Gasteiger partial charge in [-0.1, -0.05) is 0 Å². The molecular formula is C7H14ClNO. The maximum absolute atomic E-state index is 5.66. The van der Waals surface area contributed by atoms with Crippen molar-refractivity contribution < 1.29 is 4.74 Å². The molecule has 0 saturated carbocycles. The van der Waals surface area contributed by atoms with Crippen molar-refractivity contribution in [2.75, 3.05) is 32.6 Å². The number of hydrogen-bond donors (Lipinski definition) is 0. The van der Waals surface area contributed by atoms with Crippen molar-refractivity contribution in [3.05, 3.63) is 0 Å². The quantitative estimate of drug-likeness (QED) is 0.534. The first-order chi connectivity index (χ1) is 4.83. The predicted octanol–water partition coefficient (Wildman–Crippen LogP) is 0.946. The maximum Gasteiger partial charge on any atom is 0.0723 e. The summed E-state index contributed by atoms with van der Waals surface area (Å²) in [4.78, 5) is 2.27. The van der Waals surface area contributed by atoms with Crippen molar-refractivity contribution in [3.63, 3.8) is 0 Å². The molecule has 0 bridgehead atoms. The number of alkyl halides is 1. The lowest BCUT2D eigenvalue weighted by atomic mass is 10.3. The third-order valence-electron chi connectivity index (χ3n) is 1.83. The molecule has 0 aromatic rings. The van der Waals surface area contributed by atoms with E-state index in [1.54, 1.807) is 0 Å². The number of likely N-dealkylation sites (N-methyl/N-ethyl adjacent to an activating group) is 1. The summed E-state index contributed by atoms with van der Waals surface area (Å²) >= 11 is 5.66. The van der Waals surface area contributed by atoms with E-state index in [1.807, 2.05) is 0 Å². The summed E-state index contributed by atoms with van der Waals surface area (Å²) in [5, 5.41) is 0. The van der Waals surface area contributed by atoms with Crippen molar-refractivity contribution in [2.24, 2.45) is 0 Å². The van der Waals surface area contributed by atoms with Gasteiger partial charge in [0, 0.05) is 19.0 Å². The molecule has 1 heterocycles. The van der Waals surface area contributed by atoms with E-state index in [4.69, 9.17) is 16.3 Å². The predicted molar refractivity (Wildman–Crippen MR) is 42.6 cm³/mol. The summed E-state index contributed by atoms with van der Waals surface area (Å²) in [6, 6.07) is 0. The van der Waals surface area contributed by atoms with Crippen molar-refractivity contribution in [1.82, 2.24) is 4.90 Å². The average molecular weight is 164 g/mol. The molecule has 0 aliphatic carbocycles. The van der Waals surface area contributed by atoms with E-state index in [-0.39, 0.29) is 6.10 Å². The summed E-state index contributed by atoms with van der Waals surface area (Å²) < 4.78 is 5.45. The van der Waals surface area contributed by atoms with Gasteiger partial charge in [0.1, 0.15) is 0 Å². The van der Waals surface area contributed by atoms with Gasteiger partial charge in [-0.3, -0.25) is 0 Å². The summed E-state index contributed by atoms with van der Waals surface area (Å²) in [5.41, 5.74) is 0. The third kappa shape index (κ3) is 2.45. The Morgan fingerprint density at radius 2 is 2.40 bits per heavy atom. The van der Waals surface area contributed by atoms with Crippen LogP contribution in [0.5, 0.6) is 0 Å². The second kappa shape index (κ2) is 4.16. The van der Waals surface area contributed by atoms with Crippen molar-refractivity contribution in [1.29, 1.82) is 0 Å². The van der Waals surface area contributed by atoms with Crippen LogP contribution in [0.2, 0.25) is 0 Å². The standard InChI is InChI=1S/C7H14ClNO/c1-9-3-2-7(6-8)10-5-4-9/h7H,2-6H2,1H3/t7-/m0/s1. The molecular weight excluding hydrogens is 150 g/mol. The van der Waals surface area contributed by atoms with E-state index in [0.29, 0.717) is 5.88 Å². The Kier molecular flexibility index (Phi) is 3.46. The van der Waals surface area contributed by atoms with Crippen molar-refractivity contribution in [2.45, 2.75) is 12.5 Å². The van der Waals surface area contributed by atoms with Crippen LogP contribution in [0, 0.1) is 0 Å². The minimum atomic E-state index is 0.284. The summed E-state index contributed by atoms with van der Waals surface area (Å²) in [5.74, 6) is 0.633. The SMILES string of the molecule is CN1CCO[C@H](CCl)CC1. The van der Waals surface area contributed by atoms with Gasteiger partial charge in [-0.25, -0.2) is 0 Å². The zero-order valence-electron chi connectivity index (χ0n) is 6.35. The van der Waals surface area contributed by atoms with Gasteiger partial charge in [-0.05, 0) is 13.5 Å². The molecule has 1 aliphatic rings. The van der Waals surface area contributed by atoms with Gasteiger partial charge in [-0.2, -0.15) is 0 Å². The molecule has 1 atom stereocenters.